The van der Waals surface area contributed by atoms with Crippen LogP contribution in [0.15, 0.2) is 36.5 Å². The van der Waals surface area contributed by atoms with Crippen LogP contribution in [0.5, 0.6) is 0 Å². The number of carbonyl (C=O) groups is 2. The number of carboxylic acids is 1. The molecule has 0 radical (unpaired) electrons. The number of carbonyl (C=O) groups excluding carboxylic acids is 1. The molecule has 1 saturated heterocycles. The second kappa shape index (κ2) is 6.28. The first-order chi connectivity index (χ1) is 11.4. The van der Waals surface area contributed by atoms with Gasteiger partial charge in [-0.1, -0.05) is 17.7 Å². The van der Waals surface area contributed by atoms with Gasteiger partial charge in [0.2, 0.25) is 0 Å². The van der Waals surface area contributed by atoms with Gasteiger partial charge in [0.15, 0.2) is 5.69 Å². The zero-order chi connectivity index (χ0) is 17.3. The van der Waals surface area contributed by atoms with Crippen molar-refractivity contribution in [2.75, 3.05) is 13.1 Å². The van der Waals surface area contributed by atoms with E-state index in [0.29, 0.717) is 30.1 Å². The highest BCUT2D eigenvalue weighted by Crippen LogP contribution is 2.30. The van der Waals surface area contributed by atoms with Crippen molar-refractivity contribution in [2.45, 2.75) is 19.8 Å². The number of rotatable bonds is 3. The number of nitrogens with zero attached hydrogens (tertiary/aromatic N) is 3. The van der Waals surface area contributed by atoms with E-state index in [-0.39, 0.29) is 12.5 Å². The van der Waals surface area contributed by atoms with Gasteiger partial charge in [0.05, 0.1) is 11.1 Å². The summed E-state index contributed by atoms with van der Waals surface area (Å²) >= 11 is 5.97. The molecule has 1 aliphatic heterocycles. The molecule has 0 saturated carbocycles. The molecule has 2 aromatic rings. The van der Waals surface area contributed by atoms with E-state index in [9.17, 15) is 14.7 Å². The lowest BCUT2D eigenvalue weighted by Gasteiger charge is -2.37. The van der Waals surface area contributed by atoms with Gasteiger partial charge < -0.3 is 10.0 Å². The molecule has 1 aliphatic rings. The van der Waals surface area contributed by atoms with Gasteiger partial charge in [-0.3, -0.25) is 9.59 Å². The van der Waals surface area contributed by atoms with Crippen LogP contribution in [0, 0.1) is 5.41 Å². The summed E-state index contributed by atoms with van der Waals surface area (Å²) in [4.78, 5) is 25.7. The largest absolute Gasteiger partial charge is 0.481 e. The van der Waals surface area contributed by atoms with E-state index in [1.807, 2.05) is 12.1 Å². The van der Waals surface area contributed by atoms with Crippen molar-refractivity contribution >= 4 is 23.5 Å². The predicted molar refractivity (Wildman–Crippen MR) is 89.5 cm³/mol. The summed E-state index contributed by atoms with van der Waals surface area (Å²) in [5.41, 5.74) is 0.156. The Morgan fingerprint density at radius 2 is 2.12 bits per heavy atom. The third-order valence-corrected chi connectivity index (χ3v) is 4.62. The van der Waals surface area contributed by atoms with E-state index in [2.05, 4.69) is 5.10 Å². The monoisotopic (exact) mass is 347 g/mol. The van der Waals surface area contributed by atoms with Crippen LogP contribution in [0.3, 0.4) is 0 Å². The van der Waals surface area contributed by atoms with Crippen molar-refractivity contribution in [1.29, 1.82) is 0 Å². The van der Waals surface area contributed by atoms with E-state index in [1.54, 1.807) is 40.9 Å². The third kappa shape index (κ3) is 3.14. The number of piperidine rings is 1. The van der Waals surface area contributed by atoms with Crippen LogP contribution in [0.2, 0.25) is 5.02 Å². The molecule has 1 aromatic carbocycles. The first kappa shape index (κ1) is 16.5. The lowest BCUT2D eigenvalue weighted by Crippen LogP contribution is -2.48. The smallest absolute Gasteiger partial charge is 0.311 e. The van der Waals surface area contributed by atoms with Gasteiger partial charge in [-0.05, 0) is 44.0 Å². The molecule has 24 heavy (non-hydrogen) atoms. The first-order valence-electron chi connectivity index (χ1n) is 7.73. The Kier molecular flexibility index (Phi) is 4.32. The van der Waals surface area contributed by atoms with Crippen LogP contribution in [0.4, 0.5) is 0 Å². The second-order valence-corrected chi connectivity index (χ2v) is 6.76. The number of aromatic nitrogens is 2. The molecule has 3 rings (SSSR count). The fraction of sp³-hybridized carbons (Fsp3) is 0.353. The summed E-state index contributed by atoms with van der Waals surface area (Å²) in [6.07, 6.45) is 2.94. The van der Waals surface area contributed by atoms with Crippen LogP contribution in [-0.4, -0.2) is 44.8 Å². The van der Waals surface area contributed by atoms with Crippen molar-refractivity contribution in [1.82, 2.24) is 14.7 Å². The van der Waals surface area contributed by atoms with Crippen LogP contribution < -0.4 is 0 Å². The summed E-state index contributed by atoms with van der Waals surface area (Å²) in [7, 11) is 0. The Labute approximate surface area is 144 Å². The number of amides is 1. The van der Waals surface area contributed by atoms with E-state index in [4.69, 9.17) is 11.6 Å². The van der Waals surface area contributed by atoms with E-state index >= 15 is 0 Å². The highest BCUT2D eigenvalue weighted by Gasteiger charge is 2.39. The fourth-order valence-electron chi connectivity index (χ4n) is 2.95. The normalized spacial score (nSPS) is 20.8. The number of hydrogen-bond donors (Lipinski definition) is 1. The van der Waals surface area contributed by atoms with Crippen molar-refractivity contribution in [3.63, 3.8) is 0 Å². The summed E-state index contributed by atoms with van der Waals surface area (Å²) in [6.45, 7) is 2.43. The summed E-state index contributed by atoms with van der Waals surface area (Å²) in [5.74, 6) is -1.12. The van der Waals surface area contributed by atoms with Gasteiger partial charge in [0.25, 0.3) is 5.91 Å². The third-order valence-electron chi connectivity index (χ3n) is 4.38. The van der Waals surface area contributed by atoms with E-state index in [1.165, 1.54) is 0 Å². The van der Waals surface area contributed by atoms with Crippen molar-refractivity contribution in [2.24, 2.45) is 5.41 Å². The molecule has 1 amide bonds. The maximum absolute atomic E-state index is 12.7. The minimum atomic E-state index is -0.899. The number of aliphatic carboxylic acids is 1. The SMILES string of the molecule is CC1(C(=O)O)CCCN(C(=O)c2ccn(-c3cccc(Cl)c3)n2)C1. The number of likely N-dealkylation sites (tertiary alicyclic amines) is 1. The van der Waals surface area contributed by atoms with Crippen LogP contribution in [-0.2, 0) is 4.79 Å². The molecular formula is C17H18ClN3O3. The Morgan fingerprint density at radius 3 is 2.83 bits per heavy atom. The Bertz CT molecular complexity index is 789. The number of carboxylic acid groups (broad SMARTS) is 1. The maximum Gasteiger partial charge on any atom is 0.311 e. The minimum Gasteiger partial charge on any atom is -0.481 e. The van der Waals surface area contributed by atoms with E-state index in [0.717, 1.165) is 5.69 Å². The van der Waals surface area contributed by atoms with Gasteiger partial charge in [-0.15, -0.1) is 0 Å². The molecular weight excluding hydrogens is 330 g/mol. The minimum absolute atomic E-state index is 0.200. The molecule has 1 atom stereocenters. The van der Waals surface area contributed by atoms with Gasteiger partial charge in [-0.2, -0.15) is 5.10 Å². The molecule has 0 aliphatic carbocycles. The zero-order valence-electron chi connectivity index (χ0n) is 13.3. The fourth-order valence-corrected chi connectivity index (χ4v) is 3.13. The molecule has 6 nitrogen and oxygen atoms in total. The van der Waals surface area contributed by atoms with Crippen LogP contribution >= 0.6 is 11.6 Å². The molecule has 126 valence electrons. The predicted octanol–water partition coefficient (Wildman–Crippen LogP) is 2.85. The number of halogens is 1. The van der Waals surface area contributed by atoms with Crippen molar-refractivity contribution in [3.8, 4) is 5.69 Å². The molecule has 0 bridgehead atoms. The molecule has 0 spiro atoms. The topological polar surface area (TPSA) is 75.4 Å². The van der Waals surface area contributed by atoms with Gasteiger partial charge in [0, 0.05) is 24.3 Å². The van der Waals surface area contributed by atoms with Crippen molar-refractivity contribution < 1.29 is 14.7 Å². The highest BCUT2D eigenvalue weighted by molar-refractivity contribution is 6.30. The zero-order valence-corrected chi connectivity index (χ0v) is 14.0. The summed E-state index contributed by atoms with van der Waals surface area (Å²) in [6, 6.07) is 8.81. The second-order valence-electron chi connectivity index (χ2n) is 6.32. The van der Waals surface area contributed by atoms with Crippen molar-refractivity contribution in [3.05, 3.63) is 47.2 Å². The van der Waals surface area contributed by atoms with E-state index < -0.39 is 11.4 Å². The maximum atomic E-state index is 12.7. The number of benzene rings is 1. The Morgan fingerprint density at radius 1 is 1.33 bits per heavy atom. The highest BCUT2D eigenvalue weighted by atomic mass is 35.5. The lowest BCUT2D eigenvalue weighted by atomic mass is 9.82. The van der Waals surface area contributed by atoms with Gasteiger partial charge in [-0.25, -0.2) is 4.68 Å². The average Bonchev–Trinajstić information content (AvgIpc) is 3.04. The molecule has 2 heterocycles. The van der Waals surface area contributed by atoms with Gasteiger partial charge >= 0.3 is 5.97 Å². The summed E-state index contributed by atoms with van der Waals surface area (Å²) < 4.78 is 1.58. The van der Waals surface area contributed by atoms with Crippen LogP contribution in [0.25, 0.3) is 5.69 Å². The summed E-state index contributed by atoms with van der Waals surface area (Å²) in [5, 5.41) is 14.3. The molecule has 1 fully saturated rings. The lowest BCUT2D eigenvalue weighted by molar-refractivity contribution is -0.150. The quantitative estimate of drug-likeness (QED) is 0.926. The molecule has 1 aromatic heterocycles. The number of hydrogen-bond acceptors (Lipinski definition) is 3. The standard InChI is InChI=1S/C17H18ClN3O3/c1-17(16(23)24)7-3-8-20(11-17)15(22)14-6-9-21(19-14)13-5-2-4-12(18)10-13/h2,4-6,9-10H,3,7-8,11H2,1H3,(H,23,24). The van der Waals surface area contributed by atoms with Gasteiger partial charge in [0.1, 0.15) is 0 Å². The van der Waals surface area contributed by atoms with Crippen LogP contribution in [0.1, 0.15) is 30.3 Å². The first-order valence-corrected chi connectivity index (χ1v) is 8.11. The molecule has 7 heteroatoms. The molecule has 1 unspecified atom stereocenters. The Hall–Kier alpha value is -2.34. The molecule has 1 N–H and O–H groups in total. The average molecular weight is 348 g/mol. The Balaban J connectivity index is 1.80.